The Morgan fingerprint density at radius 2 is 1.78 bits per heavy atom. The number of aromatic nitrogens is 2. The van der Waals surface area contributed by atoms with Crippen molar-refractivity contribution < 1.29 is 18.0 Å². The number of nitrogens with zero attached hydrogens (tertiary/aromatic N) is 2. The highest BCUT2D eigenvalue weighted by Gasteiger charge is 2.29. The predicted molar refractivity (Wildman–Crippen MR) is 99.9 cm³/mol. The molecule has 2 aromatic carbocycles. The SMILES string of the molecule is CNc1nc(SCC(=O)Nc2ccc(C(F)(F)F)cc2)nc2ccccc12. The number of amides is 1. The molecule has 0 unspecified atom stereocenters. The van der Waals surface area contributed by atoms with Crippen molar-refractivity contribution in [2.24, 2.45) is 0 Å². The third-order valence-corrected chi connectivity index (χ3v) is 4.50. The number of halogens is 3. The summed E-state index contributed by atoms with van der Waals surface area (Å²) in [4.78, 5) is 20.8. The first-order chi connectivity index (χ1) is 12.9. The van der Waals surface area contributed by atoms with Crippen molar-refractivity contribution in [2.75, 3.05) is 23.4 Å². The summed E-state index contributed by atoms with van der Waals surface area (Å²) in [5.41, 5.74) is 0.283. The van der Waals surface area contributed by atoms with Crippen molar-refractivity contribution in [1.29, 1.82) is 0 Å². The fourth-order valence-electron chi connectivity index (χ4n) is 2.38. The first kappa shape index (κ1) is 19.0. The molecule has 1 aromatic heterocycles. The second-order valence-corrected chi connectivity index (χ2v) is 6.48. The van der Waals surface area contributed by atoms with Gasteiger partial charge in [-0.2, -0.15) is 13.2 Å². The Hall–Kier alpha value is -2.81. The molecule has 0 bridgehead atoms. The summed E-state index contributed by atoms with van der Waals surface area (Å²) < 4.78 is 37.7. The molecule has 3 aromatic rings. The summed E-state index contributed by atoms with van der Waals surface area (Å²) in [6.45, 7) is 0. The van der Waals surface area contributed by atoms with E-state index in [0.29, 0.717) is 16.7 Å². The van der Waals surface area contributed by atoms with Crippen LogP contribution in [0.2, 0.25) is 0 Å². The van der Waals surface area contributed by atoms with Gasteiger partial charge in [-0.15, -0.1) is 0 Å². The molecule has 1 amide bonds. The molecule has 5 nitrogen and oxygen atoms in total. The molecular formula is C18H15F3N4OS. The Morgan fingerprint density at radius 1 is 1.07 bits per heavy atom. The molecule has 0 atom stereocenters. The second kappa shape index (κ2) is 7.83. The number of para-hydroxylation sites is 1. The van der Waals surface area contributed by atoms with Crippen LogP contribution < -0.4 is 10.6 Å². The third-order valence-electron chi connectivity index (χ3n) is 3.65. The van der Waals surface area contributed by atoms with Crippen molar-refractivity contribution in [2.45, 2.75) is 11.3 Å². The molecule has 0 saturated heterocycles. The van der Waals surface area contributed by atoms with E-state index in [1.807, 2.05) is 24.3 Å². The van der Waals surface area contributed by atoms with Gasteiger partial charge in [-0.25, -0.2) is 9.97 Å². The number of carbonyl (C=O) groups excluding carboxylic acids is 1. The van der Waals surface area contributed by atoms with Gasteiger partial charge in [0.05, 0.1) is 16.8 Å². The highest BCUT2D eigenvalue weighted by atomic mass is 32.2. The van der Waals surface area contributed by atoms with Gasteiger partial charge in [0.1, 0.15) is 5.82 Å². The molecule has 1 heterocycles. The fourth-order valence-corrected chi connectivity index (χ4v) is 3.03. The first-order valence-electron chi connectivity index (χ1n) is 7.91. The lowest BCUT2D eigenvalue weighted by atomic mass is 10.2. The Bertz CT molecular complexity index is 961. The first-order valence-corrected chi connectivity index (χ1v) is 8.90. The molecule has 0 saturated carbocycles. The fraction of sp³-hybridized carbons (Fsp3) is 0.167. The molecule has 0 aliphatic carbocycles. The van der Waals surface area contributed by atoms with Crippen LogP contribution in [0.1, 0.15) is 5.56 Å². The summed E-state index contributed by atoms with van der Waals surface area (Å²) in [7, 11) is 1.75. The van der Waals surface area contributed by atoms with E-state index in [-0.39, 0.29) is 11.7 Å². The number of alkyl halides is 3. The molecule has 140 valence electrons. The van der Waals surface area contributed by atoms with Gasteiger partial charge in [0.15, 0.2) is 5.16 Å². The van der Waals surface area contributed by atoms with E-state index in [0.717, 1.165) is 34.8 Å². The van der Waals surface area contributed by atoms with Crippen LogP contribution >= 0.6 is 11.8 Å². The monoisotopic (exact) mass is 392 g/mol. The Balaban J connectivity index is 1.65. The van der Waals surface area contributed by atoms with Crippen LogP contribution in [0.3, 0.4) is 0 Å². The van der Waals surface area contributed by atoms with Crippen LogP contribution in [0, 0.1) is 0 Å². The maximum Gasteiger partial charge on any atom is 0.416 e. The van der Waals surface area contributed by atoms with E-state index in [4.69, 9.17) is 0 Å². The lowest BCUT2D eigenvalue weighted by Crippen LogP contribution is -2.14. The molecule has 0 aliphatic heterocycles. The van der Waals surface area contributed by atoms with Gasteiger partial charge in [-0.05, 0) is 36.4 Å². The van der Waals surface area contributed by atoms with Crippen LogP contribution in [0.25, 0.3) is 10.9 Å². The van der Waals surface area contributed by atoms with Gasteiger partial charge < -0.3 is 10.6 Å². The molecule has 9 heteroatoms. The van der Waals surface area contributed by atoms with Crippen molar-refractivity contribution >= 4 is 40.1 Å². The van der Waals surface area contributed by atoms with E-state index < -0.39 is 11.7 Å². The second-order valence-electron chi connectivity index (χ2n) is 5.53. The lowest BCUT2D eigenvalue weighted by molar-refractivity contribution is -0.137. The molecule has 27 heavy (non-hydrogen) atoms. The zero-order valence-corrected chi connectivity index (χ0v) is 15.0. The van der Waals surface area contributed by atoms with Crippen LogP contribution in [0.4, 0.5) is 24.7 Å². The number of hydrogen-bond donors (Lipinski definition) is 2. The number of anilines is 2. The average Bonchev–Trinajstić information content (AvgIpc) is 2.65. The molecule has 0 spiro atoms. The largest absolute Gasteiger partial charge is 0.416 e. The van der Waals surface area contributed by atoms with Crippen LogP contribution in [0.5, 0.6) is 0 Å². The summed E-state index contributed by atoms with van der Waals surface area (Å²) in [5, 5.41) is 6.86. The maximum absolute atomic E-state index is 12.6. The number of rotatable bonds is 5. The summed E-state index contributed by atoms with van der Waals surface area (Å²) in [5.74, 6) is 0.330. The number of fused-ring (bicyclic) bond motifs is 1. The van der Waals surface area contributed by atoms with Gasteiger partial charge in [-0.3, -0.25) is 4.79 Å². The molecule has 3 rings (SSSR count). The average molecular weight is 392 g/mol. The van der Waals surface area contributed by atoms with Crippen LogP contribution in [-0.2, 0) is 11.0 Å². The minimum absolute atomic E-state index is 0.0303. The summed E-state index contributed by atoms with van der Waals surface area (Å²) >= 11 is 1.15. The molecule has 0 radical (unpaired) electrons. The van der Waals surface area contributed by atoms with Gasteiger partial charge in [0.2, 0.25) is 5.91 Å². The van der Waals surface area contributed by atoms with Crippen LogP contribution in [0.15, 0.2) is 53.7 Å². The normalized spacial score (nSPS) is 11.4. The van der Waals surface area contributed by atoms with E-state index in [2.05, 4.69) is 20.6 Å². The number of carbonyl (C=O) groups is 1. The topological polar surface area (TPSA) is 66.9 Å². The van der Waals surface area contributed by atoms with Gasteiger partial charge in [0, 0.05) is 18.1 Å². The molecule has 0 aliphatic rings. The van der Waals surface area contributed by atoms with E-state index in [1.165, 1.54) is 12.1 Å². The molecule has 0 fully saturated rings. The van der Waals surface area contributed by atoms with E-state index >= 15 is 0 Å². The lowest BCUT2D eigenvalue weighted by Gasteiger charge is -2.09. The number of thioether (sulfide) groups is 1. The Kier molecular flexibility index (Phi) is 5.50. The Labute approximate surface area is 157 Å². The van der Waals surface area contributed by atoms with Crippen molar-refractivity contribution in [3.8, 4) is 0 Å². The van der Waals surface area contributed by atoms with Gasteiger partial charge in [0.25, 0.3) is 0 Å². The minimum Gasteiger partial charge on any atom is -0.372 e. The van der Waals surface area contributed by atoms with Crippen molar-refractivity contribution in [1.82, 2.24) is 9.97 Å². The molecule has 2 N–H and O–H groups in total. The maximum atomic E-state index is 12.6. The van der Waals surface area contributed by atoms with Crippen LogP contribution in [-0.4, -0.2) is 28.7 Å². The van der Waals surface area contributed by atoms with Gasteiger partial charge >= 0.3 is 6.18 Å². The highest BCUT2D eigenvalue weighted by Crippen LogP contribution is 2.30. The van der Waals surface area contributed by atoms with E-state index in [1.54, 1.807) is 7.05 Å². The van der Waals surface area contributed by atoms with Crippen molar-refractivity contribution in [3.63, 3.8) is 0 Å². The van der Waals surface area contributed by atoms with Crippen molar-refractivity contribution in [3.05, 3.63) is 54.1 Å². The number of hydrogen-bond acceptors (Lipinski definition) is 5. The smallest absolute Gasteiger partial charge is 0.372 e. The standard InChI is InChI=1S/C18H15F3N4OS/c1-22-16-13-4-2-3-5-14(13)24-17(25-16)27-10-15(26)23-12-8-6-11(7-9-12)18(19,20)21/h2-9H,10H2,1H3,(H,23,26)(H,22,24,25). The quantitative estimate of drug-likeness (QED) is 0.497. The predicted octanol–water partition coefficient (Wildman–Crippen LogP) is 4.42. The van der Waals surface area contributed by atoms with E-state index in [9.17, 15) is 18.0 Å². The zero-order valence-electron chi connectivity index (χ0n) is 14.2. The highest BCUT2D eigenvalue weighted by molar-refractivity contribution is 7.99. The number of nitrogens with one attached hydrogen (secondary N) is 2. The molecular weight excluding hydrogens is 377 g/mol. The van der Waals surface area contributed by atoms with Gasteiger partial charge in [-0.1, -0.05) is 23.9 Å². The zero-order chi connectivity index (χ0) is 19.4. The summed E-state index contributed by atoms with van der Waals surface area (Å²) in [6.07, 6.45) is -4.41. The third kappa shape index (κ3) is 4.68. The Morgan fingerprint density at radius 3 is 2.44 bits per heavy atom. The number of benzene rings is 2. The summed E-state index contributed by atoms with van der Waals surface area (Å²) in [6, 6.07) is 11.8. The minimum atomic E-state index is -4.41.